The summed E-state index contributed by atoms with van der Waals surface area (Å²) in [6, 6.07) is 13.2. The highest BCUT2D eigenvalue weighted by Crippen LogP contribution is 2.30. The minimum Gasteiger partial charge on any atom is -0.494 e. The fourth-order valence-electron chi connectivity index (χ4n) is 4.45. The van der Waals surface area contributed by atoms with E-state index in [1.807, 2.05) is 24.3 Å². The molecule has 0 saturated carbocycles. The van der Waals surface area contributed by atoms with Gasteiger partial charge in [0.2, 0.25) is 0 Å². The molecule has 0 saturated heterocycles. The molecule has 0 bridgehead atoms. The molecule has 0 amide bonds. The van der Waals surface area contributed by atoms with E-state index in [4.69, 9.17) is 9.72 Å². The molecule has 1 N–H and O–H groups in total. The van der Waals surface area contributed by atoms with Crippen LogP contribution < -0.4 is 10.1 Å². The predicted molar refractivity (Wildman–Crippen MR) is 153 cm³/mol. The van der Waals surface area contributed by atoms with Crippen LogP contribution in [0.4, 0.5) is 20.3 Å². The highest BCUT2D eigenvalue weighted by Gasteiger charge is 2.20. The standard InChI is InChI=1S/C29H28F2N6O3S/c1-3-40-21-15-24(30)23(25(31)16-21)18-37-26-9-5-4-8-22(26)27(36-37)29-33-17-19(7-6-14-41(2,38)39)28(35-29)34-20-10-12-32-13-11-20/h4-5,8-13,15-17H,3,6-7,14,18H2,1-2H3,(H,32,33,34,35). The van der Waals surface area contributed by atoms with Crippen LogP contribution in [-0.4, -0.2) is 51.8 Å². The first-order chi connectivity index (χ1) is 19.7. The topological polar surface area (TPSA) is 112 Å². The molecule has 12 heteroatoms. The zero-order valence-electron chi connectivity index (χ0n) is 22.5. The molecule has 0 atom stereocenters. The molecule has 41 heavy (non-hydrogen) atoms. The normalized spacial score (nSPS) is 11.6. The molecular formula is C29H28F2N6O3S. The molecular weight excluding hydrogens is 550 g/mol. The highest BCUT2D eigenvalue weighted by molar-refractivity contribution is 7.90. The maximum atomic E-state index is 14.9. The van der Waals surface area contributed by atoms with Gasteiger partial charge >= 0.3 is 0 Å². The van der Waals surface area contributed by atoms with Crippen LogP contribution in [0, 0.1) is 11.6 Å². The van der Waals surface area contributed by atoms with Gasteiger partial charge in [0.05, 0.1) is 24.4 Å². The van der Waals surface area contributed by atoms with Gasteiger partial charge in [0.15, 0.2) is 5.82 Å². The molecule has 3 aromatic heterocycles. The van der Waals surface area contributed by atoms with E-state index in [0.717, 1.165) is 23.4 Å². The largest absolute Gasteiger partial charge is 0.494 e. The number of halogens is 2. The second-order valence-corrected chi connectivity index (χ2v) is 11.7. The quantitative estimate of drug-likeness (QED) is 0.224. The number of aryl methyl sites for hydroxylation is 1. The Morgan fingerprint density at radius 3 is 2.49 bits per heavy atom. The number of hydrogen-bond donors (Lipinski definition) is 1. The number of benzene rings is 2. The van der Waals surface area contributed by atoms with Crippen molar-refractivity contribution in [3.8, 4) is 17.3 Å². The minimum absolute atomic E-state index is 0.0388. The Kier molecular flexibility index (Phi) is 8.20. The van der Waals surface area contributed by atoms with Gasteiger partial charge in [0, 0.05) is 59.2 Å². The van der Waals surface area contributed by atoms with Crippen LogP contribution in [0.15, 0.2) is 67.1 Å². The van der Waals surface area contributed by atoms with Crippen molar-refractivity contribution in [1.82, 2.24) is 24.7 Å². The van der Waals surface area contributed by atoms with Gasteiger partial charge in [-0.2, -0.15) is 5.10 Å². The average molecular weight is 579 g/mol. The molecule has 9 nitrogen and oxygen atoms in total. The van der Waals surface area contributed by atoms with E-state index in [1.54, 1.807) is 37.6 Å². The lowest BCUT2D eigenvalue weighted by Gasteiger charge is -2.12. The second kappa shape index (κ2) is 12.0. The van der Waals surface area contributed by atoms with Gasteiger partial charge in [0.25, 0.3) is 0 Å². The molecule has 5 aromatic rings. The Morgan fingerprint density at radius 2 is 1.78 bits per heavy atom. The summed E-state index contributed by atoms with van der Waals surface area (Å²) in [4.78, 5) is 13.3. The number of rotatable bonds is 11. The van der Waals surface area contributed by atoms with Gasteiger partial charge in [-0.3, -0.25) is 9.67 Å². The van der Waals surface area contributed by atoms with Crippen molar-refractivity contribution in [3.63, 3.8) is 0 Å². The van der Waals surface area contributed by atoms with Crippen LogP contribution >= 0.6 is 0 Å². The van der Waals surface area contributed by atoms with Crippen molar-refractivity contribution in [2.45, 2.75) is 26.3 Å². The maximum absolute atomic E-state index is 14.9. The van der Waals surface area contributed by atoms with Crippen molar-refractivity contribution in [1.29, 1.82) is 0 Å². The first-order valence-electron chi connectivity index (χ1n) is 13.0. The zero-order chi connectivity index (χ0) is 29.0. The number of hydrogen-bond acceptors (Lipinski definition) is 8. The Labute approximate surface area is 236 Å². The number of aromatic nitrogens is 5. The first kappa shape index (κ1) is 28.1. The third-order valence-electron chi connectivity index (χ3n) is 6.37. The number of pyridine rings is 1. The fraction of sp³-hybridized carbons (Fsp3) is 0.241. The van der Waals surface area contributed by atoms with Gasteiger partial charge in [-0.25, -0.2) is 27.2 Å². The summed E-state index contributed by atoms with van der Waals surface area (Å²) in [5.41, 5.74) is 2.42. The van der Waals surface area contributed by atoms with E-state index < -0.39 is 21.5 Å². The van der Waals surface area contributed by atoms with Gasteiger partial charge < -0.3 is 10.1 Å². The summed E-state index contributed by atoms with van der Waals surface area (Å²) in [6.45, 7) is 1.87. The molecule has 0 spiro atoms. The van der Waals surface area contributed by atoms with Crippen LogP contribution in [0.3, 0.4) is 0 Å². The molecule has 0 fully saturated rings. The Hall–Kier alpha value is -4.45. The van der Waals surface area contributed by atoms with Crippen molar-refractivity contribution in [2.75, 3.05) is 23.9 Å². The molecule has 0 radical (unpaired) electrons. The molecule has 0 aliphatic heterocycles. The van der Waals surface area contributed by atoms with Crippen LogP contribution in [0.25, 0.3) is 22.4 Å². The van der Waals surface area contributed by atoms with Crippen molar-refractivity contribution in [3.05, 3.63) is 89.9 Å². The minimum atomic E-state index is -3.12. The average Bonchev–Trinajstić information content (AvgIpc) is 3.30. The lowest BCUT2D eigenvalue weighted by Crippen LogP contribution is -2.08. The second-order valence-electron chi connectivity index (χ2n) is 9.48. The van der Waals surface area contributed by atoms with E-state index in [0.29, 0.717) is 47.7 Å². The first-order valence-corrected chi connectivity index (χ1v) is 15.0. The fourth-order valence-corrected chi connectivity index (χ4v) is 5.12. The number of nitrogens with zero attached hydrogens (tertiary/aromatic N) is 5. The number of para-hydroxylation sites is 1. The summed E-state index contributed by atoms with van der Waals surface area (Å²) >= 11 is 0. The lowest BCUT2D eigenvalue weighted by molar-refractivity contribution is 0.335. The number of fused-ring (bicyclic) bond motifs is 1. The molecule has 0 unspecified atom stereocenters. The van der Waals surface area contributed by atoms with Crippen LogP contribution in [-0.2, 0) is 22.8 Å². The molecule has 3 heterocycles. The van der Waals surface area contributed by atoms with Gasteiger partial charge in [-0.05, 0) is 38.0 Å². The number of anilines is 2. The summed E-state index contributed by atoms with van der Waals surface area (Å²) in [5, 5.41) is 8.65. The highest BCUT2D eigenvalue weighted by atomic mass is 32.2. The Morgan fingerprint density at radius 1 is 1.05 bits per heavy atom. The van der Waals surface area contributed by atoms with Gasteiger partial charge in [0.1, 0.15) is 38.7 Å². The third kappa shape index (κ3) is 6.65. The maximum Gasteiger partial charge on any atom is 0.182 e. The monoisotopic (exact) mass is 578 g/mol. The smallest absolute Gasteiger partial charge is 0.182 e. The summed E-state index contributed by atoms with van der Waals surface area (Å²) in [6.07, 6.45) is 6.97. The molecule has 212 valence electrons. The molecule has 5 rings (SSSR count). The van der Waals surface area contributed by atoms with E-state index >= 15 is 0 Å². The number of nitrogens with one attached hydrogen (secondary N) is 1. The van der Waals surface area contributed by atoms with Crippen LogP contribution in [0.5, 0.6) is 5.75 Å². The van der Waals surface area contributed by atoms with Gasteiger partial charge in [-0.15, -0.1) is 0 Å². The van der Waals surface area contributed by atoms with E-state index in [-0.39, 0.29) is 23.6 Å². The summed E-state index contributed by atoms with van der Waals surface area (Å²) in [7, 11) is -3.12. The lowest BCUT2D eigenvalue weighted by atomic mass is 10.1. The van der Waals surface area contributed by atoms with Crippen molar-refractivity contribution >= 4 is 32.2 Å². The van der Waals surface area contributed by atoms with Gasteiger partial charge in [-0.1, -0.05) is 18.2 Å². The molecule has 0 aliphatic carbocycles. The van der Waals surface area contributed by atoms with E-state index in [9.17, 15) is 17.2 Å². The Bertz CT molecular complexity index is 1770. The third-order valence-corrected chi connectivity index (χ3v) is 7.40. The number of sulfone groups is 1. The Balaban J connectivity index is 1.54. The van der Waals surface area contributed by atoms with Crippen molar-refractivity contribution < 1.29 is 21.9 Å². The summed E-state index contributed by atoms with van der Waals surface area (Å²) in [5.74, 6) is -0.498. The van der Waals surface area contributed by atoms with E-state index in [2.05, 4.69) is 20.4 Å². The van der Waals surface area contributed by atoms with E-state index in [1.165, 1.54) is 10.9 Å². The van der Waals surface area contributed by atoms with Crippen LogP contribution in [0.1, 0.15) is 24.5 Å². The zero-order valence-corrected chi connectivity index (χ0v) is 23.3. The molecule has 2 aromatic carbocycles. The summed E-state index contributed by atoms with van der Waals surface area (Å²) < 4.78 is 59.9. The van der Waals surface area contributed by atoms with Crippen molar-refractivity contribution in [2.24, 2.45) is 0 Å². The molecule has 0 aliphatic rings. The van der Waals surface area contributed by atoms with Crippen LogP contribution in [0.2, 0.25) is 0 Å². The number of ether oxygens (including phenoxy) is 1. The predicted octanol–water partition coefficient (Wildman–Crippen LogP) is 5.33. The SMILES string of the molecule is CCOc1cc(F)c(Cn2nc(-c3ncc(CCCS(C)(=O)=O)c(Nc4ccncc4)n3)c3ccccc32)c(F)c1.